The molecule has 1 saturated heterocycles. The normalized spacial score (nSPS) is 14.0. The summed E-state index contributed by atoms with van der Waals surface area (Å²) < 4.78 is 0. The number of aromatic nitrogens is 5. The minimum atomic E-state index is 0.175. The first-order chi connectivity index (χ1) is 19.9. The lowest BCUT2D eigenvalue weighted by Crippen LogP contribution is -2.46. The van der Waals surface area contributed by atoms with Crippen LogP contribution in [0.15, 0.2) is 73.6 Å². The number of pyridine rings is 1. The second-order valence-electron chi connectivity index (χ2n) is 11.8. The Morgan fingerprint density at radius 3 is 1.76 bits per heavy atom. The first kappa shape index (κ1) is 26.7. The van der Waals surface area contributed by atoms with Crippen LogP contribution in [0.1, 0.15) is 26.3 Å². The molecular formula is C32H37N9. The highest BCUT2D eigenvalue weighted by molar-refractivity contribution is 5.92. The summed E-state index contributed by atoms with van der Waals surface area (Å²) in [7, 11) is 0. The van der Waals surface area contributed by atoms with Crippen molar-refractivity contribution >= 4 is 44.8 Å². The molecule has 6 rings (SSSR count). The van der Waals surface area contributed by atoms with Gasteiger partial charge < -0.3 is 20.4 Å². The molecule has 210 valence electrons. The molecule has 0 spiro atoms. The number of hydrogen-bond donors (Lipinski definition) is 2. The Morgan fingerprint density at radius 2 is 1.22 bits per heavy atom. The third-order valence-electron chi connectivity index (χ3n) is 7.49. The van der Waals surface area contributed by atoms with Crippen LogP contribution in [0, 0.1) is 5.41 Å². The second kappa shape index (κ2) is 11.5. The summed E-state index contributed by atoms with van der Waals surface area (Å²) in [4.78, 5) is 27.1. The van der Waals surface area contributed by atoms with E-state index in [1.54, 1.807) is 12.7 Å². The third kappa shape index (κ3) is 6.29. The van der Waals surface area contributed by atoms with Crippen LogP contribution in [0.25, 0.3) is 21.8 Å². The van der Waals surface area contributed by atoms with E-state index in [-0.39, 0.29) is 5.41 Å². The van der Waals surface area contributed by atoms with Crippen molar-refractivity contribution in [2.45, 2.75) is 27.2 Å². The van der Waals surface area contributed by atoms with Gasteiger partial charge in [0.25, 0.3) is 0 Å². The number of rotatable bonds is 8. The van der Waals surface area contributed by atoms with Crippen molar-refractivity contribution in [3.05, 3.63) is 79.1 Å². The molecule has 4 heterocycles. The largest absolute Gasteiger partial charge is 0.369 e. The maximum Gasteiger partial charge on any atom is 0.137 e. The maximum atomic E-state index is 4.57. The van der Waals surface area contributed by atoms with Crippen LogP contribution < -0.4 is 20.4 Å². The average molecular weight is 548 g/mol. The molecule has 0 aliphatic carbocycles. The zero-order chi connectivity index (χ0) is 28.2. The molecule has 0 radical (unpaired) electrons. The van der Waals surface area contributed by atoms with Crippen LogP contribution in [0.3, 0.4) is 0 Å². The molecular weight excluding hydrogens is 510 g/mol. The topological polar surface area (TPSA) is 95.0 Å². The SMILES string of the molecule is CC(C)(C)CNc1ncnc2cc(N3CCN(c4ccc5c(NCCc6ccncc6)ncnc5c4)CC3)ccc12. The van der Waals surface area contributed by atoms with Crippen LogP contribution >= 0.6 is 0 Å². The first-order valence-corrected chi connectivity index (χ1v) is 14.3. The lowest BCUT2D eigenvalue weighted by Gasteiger charge is -2.37. The molecule has 0 bridgehead atoms. The van der Waals surface area contributed by atoms with Crippen molar-refractivity contribution in [2.75, 3.05) is 59.7 Å². The fourth-order valence-corrected chi connectivity index (χ4v) is 5.21. The summed E-state index contributed by atoms with van der Waals surface area (Å²) >= 11 is 0. The molecule has 9 heteroatoms. The van der Waals surface area contributed by atoms with Gasteiger partial charge in [-0.05, 0) is 65.9 Å². The minimum absolute atomic E-state index is 0.175. The Kier molecular flexibility index (Phi) is 7.50. The number of piperazine rings is 1. The molecule has 0 atom stereocenters. The highest BCUT2D eigenvalue weighted by Crippen LogP contribution is 2.29. The van der Waals surface area contributed by atoms with Crippen molar-refractivity contribution in [1.29, 1.82) is 0 Å². The molecule has 1 aliphatic rings. The molecule has 2 N–H and O–H groups in total. The van der Waals surface area contributed by atoms with Gasteiger partial charge in [0.15, 0.2) is 0 Å². The van der Waals surface area contributed by atoms with Gasteiger partial charge in [0, 0.05) is 73.8 Å². The molecule has 3 aromatic heterocycles. The first-order valence-electron chi connectivity index (χ1n) is 14.3. The summed E-state index contributed by atoms with van der Waals surface area (Å²) in [6.07, 6.45) is 7.87. The molecule has 41 heavy (non-hydrogen) atoms. The van der Waals surface area contributed by atoms with Crippen LogP contribution in [0.2, 0.25) is 0 Å². The van der Waals surface area contributed by atoms with E-state index in [1.165, 1.54) is 16.9 Å². The summed E-state index contributed by atoms with van der Waals surface area (Å²) in [5.74, 6) is 1.77. The van der Waals surface area contributed by atoms with Crippen molar-refractivity contribution in [1.82, 2.24) is 24.9 Å². The summed E-state index contributed by atoms with van der Waals surface area (Å²) in [5, 5.41) is 9.08. The number of nitrogens with zero attached hydrogens (tertiary/aromatic N) is 7. The fraction of sp³-hybridized carbons (Fsp3) is 0.344. The molecule has 9 nitrogen and oxygen atoms in total. The van der Waals surface area contributed by atoms with Crippen molar-refractivity contribution in [2.24, 2.45) is 5.41 Å². The average Bonchev–Trinajstić information content (AvgIpc) is 3.00. The molecule has 1 fully saturated rings. The van der Waals surface area contributed by atoms with Crippen molar-refractivity contribution in [3.8, 4) is 0 Å². The van der Waals surface area contributed by atoms with Gasteiger partial charge >= 0.3 is 0 Å². The van der Waals surface area contributed by atoms with Crippen LogP contribution in [-0.2, 0) is 6.42 Å². The summed E-state index contributed by atoms with van der Waals surface area (Å²) in [6, 6.07) is 17.1. The molecule has 0 saturated carbocycles. The van der Waals surface area contributed by atoms with Crippen LogP contribution in [-0.4, -0.2) is 64.2 Å². The molecule has 0 amide bonds. The van der Waals surface area contributed by atoms with Crippen molar-refractivity contribution in [3.63, 3.8) is 0 Å². The second-order valence-corrected chi connectivity index (χ2v) is 11.8. The predicted molar refractivity (Wildman–Crippen MR) is 168 cm³/mol. The number of anilines is 4. The van der Waals surface area contributed by atoms with Gasteiger partial charge in [-0.3, -0.25) is 4.98 Å². The number of benzene rings is 2. The lowest BCUT2D eigenvalue weighted by molar-refractivity contribution is 0.442. The Bertz CT molecular complexity index is 1620. The summed E-state index contributed by atoms with van der Waals surface area (Å²) in [5.41, 5.74) is 5.74. The number of hydrogen-bond acceptors (Lipinski definition) is 9. The molecule has 0 unspecified atom stereocenters. The van der Waals surface area contributed by atoms with E-state index in [2.05, 4.69) is 103 Å². The smallest absolute Gasteiger partial charge is 0.137 e. The minimum Gasteiger partial charge on any atom is -0.369 e. The molecule has 2 aromatic carbocycles. The van der Waals surface area contributed by atoms with E-state index in [0.29, 0.717) is 0 Å². The Balaban J connectivity index is 1.10. The quantitative estimate of drug-likeness (QED) is 0.264. The fourth-order valence-electron chi connectivity index (χ4n) is 5.21. The monoisotopic (exact) mass is 547 g/mol. The Morgan fingerprint density at radius 1 is 0.683 bits per heavy atom. The highest BCUT2D eigenvalue weighted by Gasteiger charge is 2.19. The summed E-state index contributed by atoms with van der Waals surface area (Å²) in [6.45, 7) is 12.1. The van der Waals surface area contributed by atoms with Gasteiger partial charge in [0.05, 0.1) is 11.0 Å². The van der Waals surface area contributed by atoms with Gasteiger partial charge in [-0.25, -0.2) is 19.9 Å². The van der Waals surface area contributed by atoms with E-state index >= 15 is 0 Å². The lowest BCUT2D eigenvalue weighted by atomic mass is 9.97. The van der Waals surface area contributed by atoms with E-state index < -0.39 is 0 Å². The van der Waals surface area contributed by atoms with Gasteiger partial charge in [0.2, 0.25) is 0 Å². The van der Waals surface area contributed by atoms with Gasteiger partial charge in [-0.15, -0.1) is 0 Å². The van der Waals surface area contributed by atoms with E-state index in [4.69, 9.17) is 0 Å². The van der Waals surface area contributed by atoms with Crippen LogP contribution in [0.4, 0.5) is 23.0 Å². The Hall–Kier alpha value is -4.53. The number of nitrogens with one attached hydrogen (secondary N) is 2. The van der Waals surface area contributed by atoms with Crippen molar-refractivity contribution < 1.29 is 0 Å². The molecule has 5 aromatic rings. The van der Waals surface area contributed by atoms with E-state index in [0.717, 1.165) is 79.1 Å². The third-order valence-corrected chi connectivity index (χ3v) is 7.49. The van der Waals surface area contributed by atoms with Crippen LogP contribution in [0.5, 0.6) is 0 Å². The standard InChI is InChI=1S/C32H37N9/c1-32(2,3)20-35-31-27-7-5-25(19-29(27)37-22-39-31)41-16-14-40(15-17-41)24-4-6-26-28(18-24)36-21-38-30(26)34-13-10-23-8-11-33-12-9-23/h4-9,11-12,18-19,21-22H,10,13-17,20H2,1-3H3,(H,34,36,38)(H,35,37,39). The molecule has 1 aliphatic heterocycles. The number of fused-ring (bicyclic) bond motifs is 2. The maximum absolute atomic E-state index is 4.57. The Labute approximate surface area is 241 Å². The highest BCUT2D eigenvalue weighted by atomic mass is 15.3. The van der Waals surface area contributed by atoms with Gasteiger partial charge in [-0.2, -0.15) is 0 Å². The van der Waals surface area contributed by atoms with E-state index in [1.807, 2.05) is 24.5 Å². The zero-order valence-electron chi connectivity index (χ0n) is 24.0. The predicted octanol–water partition coefficient (Wildman–Crippen LogP) is 5.41. The zero-order valence-corrected chi connectivity index (χ0v) is 24.0. The van der Waals surface area contributed by atoms with Gasteiger partial charge in [0.1, 0.15) is 24.3 Å². The van der Waals surface area contributed by atoms with Gasteiger partial charge in [-0.1, -0.05) is 20.8 Å². The van der Waals surface area contributed by atoms with E-state index in [9.17, 15) is 0 Å².